The van der Waals surface area contributed by atoms with E-state index >= 15 is 0 Å². The van der Waals surface area contributed by atoms with Crippen LogP contribution in [0.15, 0.2) is 16.6 Å². The number of hydrogen-bond donors (Lipinski definition) is 0. The Labute approximate surface area is 109 Å². The molecule has 7 heteroatoms. The van der Waals surface area contributed by atoms with Gasteiger partial charge in [0.1, 0.15) is 10.9 Å². The van der Waals surface area contributed by atoms with Crippen LogP contribution in [0, 0.1) is 0 Å². The van der Waals surface area contributed by atoms with Crippen molar-refractivity contribution in [2.45, 2.75) is 6.43 Å². The van der Waals surface area contributed by atoms with E-state index in [1.54, 1.807) is 6.07 Å². The Morgan fingerprint density at radius 1 is 1.35 bits per heavy atom. The highest BCUT2D eigenvalue weighted by Crippen LogP contribution is 2.33. The highest BCUT2D eigenvalue weighted by atomic mass is 79.9. The second-order valence-corrected chi connectivity index (χ2v) is 4.39. The van der Waals surface area contributed by atoms with Crippen molar-refractivity contribution in [2.75, 3.05) is 7.11 Å². The molecule has 0 aliphatic rings. The van der Waals surface area contributed by atoms with E-state index in [-0.39, 0.29) is 5.15 Å². The van der Waals surface area contributed by atoms with Gasteiger partial charge < -0.3 is 4.74 Å². The molecule has 0 spiro atoms. The van der Waals surface area contributed by atoms with Gasteiger partial charge in [-0.3, -0.25) is 0 Å². The van der Waals surface area contributed by atoms with Crippen LogP contribution in [0.1, 0.15) is 12.2 Å². The van der Waals surface area contributed by atoms with Crippen LogP contribution in [0.3, 0.4) is 0 Å². The fraction of sp³-hybridized carbons (Fsp3) is 0.200. The third-order valence-electron chi connectivity index (χ3n) is 2.14. The van der Waals surface area contributed by atoms with Crippen molar-refractivity contribution >= 4 is 38.4 Å². The number of rotatable bonds is 2. The molecule has 17 heavy (non-hydrogen) atoms. The van der Waals surface area contributed by atoms with Gasteiger partial charge in [-0.15, -0.1) is 0 Å². The maximum Gasteiger partial charge on any atom is 0.297 e. The number of aromatic nitrogens is 2. The van der Waals surface area contributed by atoms with Gasteiger partial charge >= 0.3 is 0 Å². The topological polar surface area (TPSA) is 35.0 Å². The van der Waals surface area contributed by atoms with Crippen LogP contribution in [0.2, 0.25) is 5.15 Å². The third-order valence-corrected chi connectivity index (χ3v) is 3.04. The zero-order valence-electron chi connectivity index (χ0n) is 8.55. The summed E-state index contributed by atoms with van der Waals surface area (Å²) in [6, 6.07) is 3.16. The van der Waals surface area contributed by atoms with Crippen molar-refractivity contribution in [2.24, 2.45) is 0 Å². The number of halogens is 4. The van der Waals surface area contributed by atoms with Crippen molar-refractivity contribution in [1.29, 1.82) is 0 Å². The van der Waals surface area contributed by atoms with Gasteiger partial charge in [-0.1, -0.05) is 11.6 Å². The Morgan fingerprint density at radius 3 is 2.65 bits per heavy atom. The quantitative estimate of drug-likeness (QED) is 0.784. The predicted molar refractivity (Wildman–Crippen MR) is 63.8 cm³/mol. The number of methoxy groups -OCH3 is 1. The first-order chi connectivity index (χ1) is 8.02. The lowest BCUT2D eigenvalue weighted by atomic mass is 10.2. The van der Waals surface area contributed by atoms with Crippen LogP contribution in [0.25, 0.3) is 10.9 Å². The Morgan fingerprint density at radius 2 is 2.06 bits per heavy atom. The second kappa shape index (κ2) is 4.70. The number of alkyl halides is 2. The van der Waals surface area contributed by atoms with Gasteiger partial charge in [-0.05, 0) is 22.0 Å². The second-order valence-electron chi connectivity index (χ2n) is 3.18. The number of fused-ring (bicyclic) bond motifs is 1. The van der Waals surface area contributed by atoms with E-state index in [0.29, 0.717) is 21.1 Å². The molecule has 0 aliphatic heterocycles. The van der Waals surface area contributed by atoms with Crippen molar-refractivity contribution in [1.82, 2.24) is 9.97 Å². The fourth-order valence-electron chi connectivity index (χ4n) is 1.36. The zero-order chi connectivity index (χ0) is 12.6. The number of nitrogens with zero attached hydrogens (tertiary/aromatic N) is 2. The zero-order valence-corrected chi connectivity index (χ0v) is 10.9. The van der Waals surface area contributed by atoms with Crippen LogP contribution in [-0.2, 0) is 0 Å². The molecule has 1 aromatic carbocycles. The summed E-state index contributed by atoms with van der Waals surface area (Å²) in [5.74, 6) is -0.0978. The molecule has 0 saturated heterocycles. The van der Waals surface area contributed by atoms with Gasteiger partial charge in [0, 0.05) is 11.5 Å². The Hall–Kier alpha value is -1.01. The van der Waals surface area contributed by atoms with Crippen LogP contribution in [-0.4, -0.2) is 17.1 Å². The summed E-state index contributed by atoms with van der Waals surface area (Å²) in [7, 11) is 1.47. The van der Waals surface area contributed by atoms with Crippen molar-refractivity contribution < 1.29 is 13.5 Å². The normalized spacial score (nSPS) is 11.2. The Kier molecular flexibility index (Phi) is 3.44. The lowest BCUT2D eigenvalue weighted by Gasteiger charge is -2.07. The SMILES string of the molecule is COc1cc2nc(C(F)F)nc(Cl)c2cc1Br. The van der Waals surface area contributed by atoms with Crippen LogP contribution < -0.4 is 4.74 Å². The van der Waals surface area contributed by atoms with E-state index in [1.165, 1.54) is 13.2 Å². The highest BCUT2D eigenvalue weighted by Gasteiger charge is 2.15. The maximum atomic E-state index is 12.5. The van der Waals surface area contributed by atoms with Crippen molar-refractivity contribution in [3.63, 3.8) is 0 Å². The summed E-state index contributed by atoms with van der Waals surface area (Å²) in [5, 5.41) is 0.484. The first kappa shape index (κ1) is 12.4. The number of benzene rings is 1. The van der Waals surface area contributed by atoms with Gasteiger partial charge in [-0.2, -0.15) is 0 Å². The molecule has 2 aromatic rings. The minimum atomic E-state index is -2.76. The number of ether oxygens (including phenoxy) is 1. The molecule has 0 bridgehead atoms. The molecule has 3 nitrogen and oxygen atoms in total. The molecule has 0 N–H and O–H groups in total. The fourth-order valence-corrected chi connectivity index (χ4v) is 2.11. The molecule has 2 rings (SSSR count). The summed E-state index contributed by atoms with van der Waals surface area (Å²) in [4.78, 5) is 7.28. The van der Waals surface area contributed by atoms with E-state index in [2.05, 4.69) is 25.9 Å². The van der Waals surface area contributed by atoms with Gasteiger partial charge in [0.05, 0.1) is 17.1 Å². The third kappa shape index (κ3) is 2.32. The molecular formula is C10H6BrClF2N2O. The molecule has 0 unspecified atom stereocenters. The standard InChI is InChI=1S/C10H6BrClF2N2O/c1-17-7-3-6-4(2-5(7)11)8(12)16-10(15-6)9(13)14/h2-3,9H,1H3. The largest absolute Gasteiger partial charge is 0.495 e. The highest BCUT2D eigenvalue weighted by molar-refractivity contribution is 9.10. The lowest BCUT2D eigenvalue weighted by molar-refractivity contribution is 0.141. The molecule has 0 fully saturated rings. The molecule has 90 valence electrons. The lowest BCUT2D eigenvalue weighted by Crippen LogP contribution is -1.97. The predicted octanol–water partition coefficient (Wildman–Crippen LogP) is 3.99. The number of hydrogen-bond acceptors (Lipinski definition) is 3. The van der Waals surface area contributed by atoms with Gasteiger partial charge in [-0.25, -0.2) is 18.7 Å². The smallest absolute Gasteiger partial charge is 0.297 e. The first-order valence-electron chi connectivity index (χ1n) is 4.51. The average molecular weight is 324 g/mol. The molecule has 1 aromatic heterocycles. The van der Waals surface area contributed by atoms with Crippen LogP contribution >= 0.6 is 27.5 Å². The monoisotopic (exact) mass is 322 g/mol. The first-order valence-corrected chi connectivity index (χ1v) is 5.69. The van der Waals surface area contributed by atoms with E-state index in [9.17, 15) is 8.78 Å². The van der Waals surface area contributed by atoms with E-state index in [4.69, 9.17) is 16.3 Å². The summed E-state index contributed by atoms with van der Waals surface area (Å²) in [6.07, 6.45) is -2.76. The molecule has 0 aliphatic carbocycles. The van der Waals surface area contributed by atoms with Gasteiger partial charge in [0.15, 0.2) is 5.82 Å². The van der Waals surface area contributed by atoms with E-state index in [1.807, 2.05) is 0 Å². The van der Waals surface area contributed by atoms with Crippen LogP contribution in [0.4, 0.5) is 8.78 Å². The van der Waals surface area contributed by atoms with E-state index < -0.39 is 12.2 Å². The average Bonchev–Trinajstić information content (AvgIpc) is 2.29. The van der Waals surface area contributed by atoms with Crippen LogP contribution in [0.5, 0.6) is 5.75 Å². The molecule has 0 saturated carbocycles. The van der Waals surface area contributed by atoms with E-state index in [0.717, 1.165) is 0 Å². The molecular weight excluding hydrogens is 317 g/mol. The van der Waals surface area contributed by atoms with Crippen molar-refractivity contribution in [3.8, 4) is 5.75 Å². The molecule has 0 atom stereocenters. The summed E-state index contributed by atoms with van der Waals surface area (Å²) >= 11 is 9.10. The summed E-state index contributed by atoms with van der Waals surface area (Å²) < 4.78 is 30.7. The summed E-state index contributed by atoms with van der Waals surface area (Å²) in [5.41, 5.74) is 0.320. The van der Waals surface area contributed by atoms with Gasteiger partial charge in [0.25, 0.3) is 6.43 Å². The maximum absolute atomic E-state index is 12.5. The molecule has 0 radical (unpaired) electrons. The molecule has 1 heterocycles. The van der Waals surface area contributed by atoms with Gasteiger partial charge in [0.2, 0.25) is 0 Å². The Balaban J connectivity index is 2.74. The minimum absolute atomic E-state index is 0.00588. The Bertz CT molecular complexity index is 580. The molecule has 0 amide bonds. The summed E-state index contributed by atoms with van der Waals surface area (Å²) in [6.45, 7) is 0. The van der Waals surface area contributed by atoms with Crippen molar-refractivity contribution in [3.05, 3.63) is 27.6 Å². The minimum Gasteiger partial charge on any atom is -0.495 e.